The van der Waals surface area contributed by atoms with Gasteiger partial charge in [-0.1, -0.05) is 0 Å². The Morgan fingerprint density at radius 3 is 2.46 bits per heavy atom. The molecule has 1 aromatic rings. The molecule has 0 aromatic heterocycles. The number of nitrogens with zero attached hydrogens (tertiary/aromatic N) is 2. The number of nitro groups is 1. The summed E-state index contributed by atoms with van der Waals surface area (Å²) in [6, 6.07) is 3.44. The number of hydrogen-bond donors (Lipinski definition) is 3. The summed E-state index contributed by atoms with van der Waals surface area (Å²) < 4.78 is 0. The van der Waals surface area contributed by atoms with E-state index >= 15 is 0 Å². The van der Waals surface area contributed by atoms with Crippen molar-refractivity contribution in [2.24, 2.45) is 5.73 Å². The van der Waals surface area contributed by atoms with Gasteiger partial charge in [0, 0.05) is 36.7 Å². The molecule has 4 N–H and O–H groups in total. The van der Waals surface area contributed by atoms with Gasteiger partial charge in [-0.05, 0) is 12.1 Å². The summed E-state index contributed by atoms with van der Waals surface area (Å²) in [5, 5.41) is 22.4. The lowest BCUT2D eigenvalue weighted by molar-refractivity contribution is -0.384. The summed E-state index contributed by atoms with van der Waals surface area (Å²) in [6.45, 7) is -0.265. The Balaban J connectivity index is 2.05. The fourth-order valence-electron chi connectivity index (χ4n) is 2.57. The van der Waals surface area contributed by atoms with Gasteiger partial charge in [-0.15, -0.1) is 0 Å². The van der Waals surface area contributed by atoms with Crippen LogP contribution in [0.3, 0.4) is 0 Å². The number of amides is 2. The van der Waals surface area contributed by atoms with E-state index in [1.165, 1.54) is 24.3 Å². The van der Waals surface area contributed by atoms with Crippen molar-refractivity contribution in [1.82, 2.24) is 10.2 Å². The molecule has 24 heavy (non-hydrogen) atoms. The Labute approximate surface area is 136 Å². The van der Waals surface area contributed by atoms with Crippen LogP contribution in [-0.2, 0) is 9.59 Å². The van der Waals surface area contributed by atoms with E-state index in [4.69, 9.17) is 10.8 Å². The molecule has 1 fully saturated rings. The zero-order valence-corrected chi connectivity index (χ0v) is 12.5. The number of carboxylic acid groups (broad SMARTS) is 1. The minimum absolute atomic E-state index is 0.0473. The Morgan fingerprint density at radius 2 is 1.96 bits per heavy atom. The van der Waals surface area contributed by atoms with Crippen LogP contribution in [0.25, 0.3) is 0 Å². The van der Waals surface area contributed by atoms with E-state index in [0.717, 1.165) is 4.90 Å². The summed E-state index contributed by atoms with van der Waals surface area (Å²) in [4.78, 5) is 46.2. The van der Waals surface area contributed by atoms with E-state index in [-0.39, 0.29) is 30.8 Å². The maximum Gasteiger partial charge on any atom is 0.326 e. The number of carbonyl (C=O) groups is 3. The van der Waals surface area contributed by atoms with Crippen LogP contribution in [-0.4, -0.2) is 57.9 Å². The van der Waals surface area contributed by atoms with Crippen molar-refractivity contribution >= 4 is 23.5 Å². The molecule has 0 unspecified atom stereocenters. The third kappa shape index (κ3) is 3.66. The van der Waals surface area contributed by atoms with Crippen LogP contribution in [0.15, 0.2) is 24.3 Å². The number of carboxylic acids is 1. The molecule has 1 aliphatic heterocycles. The first-order valence-corrected chi connectivity index (χ1v) is 7.11. The third-order valence-electron chi connectivity index (χ3n) is 3.76. The standard InChI is InChI=1S/C14H16N4O6/c15-6-12(19)17-7-9(5-11(17)14(21)22)16-13(20)8-1-3-10(4-2-8)18(23)24/h1-4,9,11H,5-7,15H2,(H,16,20)(H,21,22)/t9-,11-/m0/s1. The number of likely N-dealkylation sites (tertiary alicyclic amines) is 1. The van der Waals surface area contributed by atoms with Gasteiger partial charge in [0.25, 0.3) is 11.6 Å². The van der Waals surface area contributed by atoms with Crippen LogP contribution in [0.2, 0.25) is 0 Å². The molecule has 10 heteroatoms. The fraction of sp³-hybridized carbons (Fsp3) is 0.357. The van der Waals surface area contributed by atoms with Gasteiger partial charge in [-0.25, -0.2) is 4.79 Å². The molecule has 1 saturated heterocycles. The molecular weight excluding hydrogens is 320 g/mol. The molecular formula is C14H16N4O6. The van der Waals surface area contributed by atoms with E-state index in [0.29, 0.717) is 0 Å². The minimum atomic E-state index is -1.16. The van der Waals surface area contributed by atoms with Gasteiger partial charge in [0.2, 0.25) is 5.91 Å². The molecule has 128 valence electrons. The summed E-state index contributed by atoms with van der Waals surface area (Å²) in [5.41, 5.74) is 5.33. The number of aliphatic carboxylic acids is 1. The number of hydrogen-bond acceptors (Lipinski definition) is 6. The summed E-state index contributed by atoms with van der Waals surface area (Å²) in [7, 11) is 0. The first kappa shape index (κ1) is 17.3. The lowest BCUT2D eigenvalue weighted by Crippen LogP contribution is -2.44. The number of nitrogens with one attached hydrogen (secondary N) is 1. The number of rotatable bonds is 5. The van der Waals surface area contributed by atoms with Gasteiger partial charge in [0.05, 0.1) is 11.5 Å². The van der Waals surface area contributed by atoms with Crippen molar-refractivity contribution in [1.29, 1.82) is 0 Å². The van der Waals surface area contributed by atoms with E-state index in [1.807, 2.05) is 0 Å². The van der Waals surface area contributed by atoms with E-state index in [9.17, 15) is 24.5 Å². The third-order valence-corrected chi connectivity index (χ3v) is 3.76. The van der Waals surface area contributed by atoms with Crippen molar-refractivity contribution < 1.29 is 24.4 Å². The molecule has 0 saturated carbocycles. The van der Waals surface area contributed by atoms with Gasteiger partial charge in [0.15, 0.2) is 0 Å². The first-order valence-electron chi connectivity index (χ1n) is 7.11. The fourth-order valence-corrected chi connectivity index (χ4v) is 2.57. The van der Waals surface area contributed by atoms with Gasteiger partial charge >= 0.3 is 5.97 Å². The number of carbonyl (C=O) groups excluding carboxylic acids is 2. The molecule has 0 bridgehead atoms. The molecule has 0 spiro atoms. The monoisotopic (exact) mass is 336 g/mol. The van der Waals surface area contributed by atoms with Crippen molar-refractivity contribution in [2.45, 2.75) is 18.5 Å². The normalized spacial score (nSPS) is 19.8. The molecule has 10 nitrogen and oxygen atoms in total. The van der Waals surface area contributed by atoms with Crippen LogP contribution < -0.4 is 11.1 Å². The lowest BCUT2D eigenvalue weighted by atomic mass is 10.1. The molecule has 1 heterocycles. The Morgan fingerprint density at radius 1 is 1.33 bits per heavy atom. The van der Waals surface area contributed by atoms with Gasteiger partial charge in [-0.2, -0.15) is 0 Å². The lowest BCUT2D eigenvalue weighted by Gasteiger charge is -2.20. The number of benzene rings is 1. The van der Waals surface area contributed by atoms with Crippen molar-refractivity contribution in [2.75, 3.05) is 13.1 Å². The molecule has 2 atom stereocenters. The van der Waals surface area contributed by atoms with Crippen LogP contribution in [0.5, 0.6) is 0 Å². The second-order valence-corrected chi connectivity index (χ2v) is 5.31. The highest BCUT2D eigenvalue weighted by Crippen LogP contribution is 2.19. The Kier molecular flexibility index (Phi) is 5.09. The number of non-ortho nitro benzene ring substituents is 1. The van der Waals surface area contributed by atoms with Gasteiger partial charge in [0.1, 0.15) is 6.04 Å². The first-order chi connectivity index (χ1) is 11.3. The summed E-state index contributed by atoms with van der Waals surface area (Å²) in [6.07, 6.45) is 0.0692. The van der Waals surface area contributed by atoms with Crippen LogP contribution in [0.4, 0.5) is 5.69 Å². The zero-order chi connectivity index (χ0) is 17.9. The highest BCUT2D eigenvalue weighted by molar-refractivity contribution is 5.95. The van der Waals surface area contributed by atoms with Crippen molar-refractivity contribution in [3.8, 4) is 0 Å². The quantitative estimate of drug-likeness (QED) is 0.476. The maximum absolute atomic E-state index is 12.1. The molecule has 2 amide bonds. The summed E-state index contributed by atoms with van der Waals surface area (Å²) >= 11 is 0. The minimum Gasteiger partial charge on any atom is -0.480 e. The smallest absolute Gasteiger partial charge is 0.326 e. The molecule has 1 aliphatic rings. The number of nitrogens with two attached hydrogens (primary N) is 1. The van der Waals surface area contributed by atoms with E-state index < -0.39 is 34.8 Å². The number of nitro benzene ring substituents is 1. The zero-order valence-electron chi connectivity index (χ0n) is 12.5. The maximum atomic E-state index is 12.1. The second-order valence-electron chi connectivity index (χ2n) is 5.31. The predicted octanol–water partition coefficient (Wildman–Crippen LogP) is -0.663. The molecule has 2 rings (SSSR count). The average Bonchev–Trinajstić information content (AvgIpc) is 2.98. The van der Waals surface area contributed by atoms with Crippen LogP contribution in [0, 0.1) is 10.1 Å². The van der Waals surface area contributed by atoms with Crippen LogP contribution >= 0.6 is 0 Å². The van der Waals surface area contributed by atoms with Crippen LogP contribution in [0.1, 0.15) is 16.8 Å². The van der Waals surface area contributed by atoms with Crippen molar-refractivity contribution in [3.63, 3.8) is 0 Å². The SMILES string of the molecule is NCC(=O)N1C[C@@H](NC(=O)c2ccc([N+](=O)[O-])cc2)C[C@H]1C(=O)O. The Bertz CT molecular complexity index is 674. The summed E-state index contributed by atoms with van der Waals surface area (Å²) in [5.74, 6) is -2.17. The van der Waals surface area contributed by atoms with E-state index in [1.54, 1.807) is 0 Å². The highest BCUT2D eigenvalue weighted by atomic mass is 16.6. The topological polar surface area (TPSA) is 156 Å². The van der Waals surface area contributed by atoms with E-state index in [2.05, 4.69) is 5.32 Å². The molecule has 0 radical (unpaired) electrons. The Hall–Kier alpha value is -3.01. The largest absolute Gasteiger partial charge is 0.480 e. The highest BCUT2D eigenvalue weighted by Gasteiger charge is 2.39. The molecule has 1 aromatic carbocycles. The second kappa shape index (κ2) is 7.04. The predicted molar refractivity (Wildman–Crippen MR) is 81.2 cm³/mol. The molecule has 0 aliphatic carbocycles. The van der Waals surface area contributed by atoms with Crippen molar-refractivity contribution in [3.05, 3.63) is 39.9 Å². The van der Waals surface area contributed by atoms with Gasteiger partial charge < -0.3 is 21.1 Å². The average molecular weight is 336 g/mol. The van der Waals surface area contributed by atoms with Gasteiger partial charge in [-0.3, -0.25) is 19.7 Å².